The lowest BCUT2D eigenvalue weighted by atomic mass is 9.75. The van der Waals surface area contributed by atoms with Crippen LogP contribution in [0.5, 0.6) is 0 Å². The highest BCUT2D eigenvalue weighted by Crippen LogP contribution is 2.44. The minimum absolute atomic E-state index is 0.200. The van der Waals surface area contributed by atoms with Gasteiger partial charge in [0, 0.05) is 16.5 Å². The van der Waals surface area contributed by atoms with Gasteiger partial charge in [-0.1, -0.05) is 48.5 Å². The summed E-state index contributed by atoms with van der Waals surface area (Å²) in [6.07, 6.45) is 1.99. The number of thioether (sulfide) groups is 1. The van der Waals surface area contributed by atoms with Gasteiger partial charge in [-0.25, -0.2) is 4.79 Å². The van der Waals surface area contributed by atoms with Crippen molar-refractivity contribution in [3.05, 3.63) is 77.0 Å². The third kappa shape index (κ3) is 6.21. The van der Waals surface area contributed by atoms with Crippen molar-refractivity contribution < 1.29 is 24.2 Å². The maximum atomic E-state index is 13.4. The van der Waals surface area contributed by atoms with Gasteiger partial charge in [-0.2, -0.15) is 0 Å². The topological polar surface area (TPSA) is 85.2 Å². The zero-order chi connectivity index (χ0) is 25.4. The number of nitrogens with zero attached hydrogens (tertiary/aromatic N) is 1. The van der Waals surface area contributed by atoms with Gasteiger partial charge in [0.15, 0.2) is 0 Å². The molecule has 3 rings (SSSR count). The molecule has 35 heavy (non-hydrogen) atoms. The SMILES string of the molecule is CCOC(=O)C1=C(CCC(O)c2ccccc2)N=C(C)C(C(=O)OCC)C1c1ccccc1SC. The van der Waals surface area contributed by atoms with E-state index in [0.29, 0.717) is 29.8 Å². The van der Waals surface area contributed by atoms with E-state index in [4.69, 9.17) is 14.5 Å². The highest BCUT2D eigenvalue weighted by atomic mass is 32.2. The van der Waals surface area contributed by atoms with E-state index in [-0.39, 0.29) is 13.2 Å². The van der Waals surface area contributed by atoms with Gasteiger partial charge >= 0.3 is 11.9 Å². The van der Waals surface area contributed by atoms with Crippen molar-refractivity contribution in [2.45, 2.75) is 50.5 Å². The number of carbonyl (C=O) groups excluding carboxylic acids is 2. The molecule has 0 aliphatic carbocycles. The molecule has 1 aliphatic heterocycles. The number of allylic oxidation sites excluding steroid dienone is 1. The molecule has 0 saturated carbocycles. The largest absolute Gasteiger partial charge is 0.465 e. The maximum absolute atomic E-state index is 13.4. The number of benzene rings is 2. The summed E-state index contributed by atoms with van der Waals surface area (Å²) in [5.41, 5.74) is 3.14. The number of ether oxygens (including phenoxy) is 2. The zero-order valence-corrected chi connectivity index (χ0v) is 21.5. The van der Waals surface area contributed by atoms with Crippen LogP contribution >= 0.6 is 11.8 Å². The summed E-state index contributed by atoms with van der Waals surface area (Å²) in [7, 11) is 0. The first-order chi connectivity index (χ1) is 16.9. The van der Waals surface area contributed by atoms with Crippen molar-refractivity contribution in [3.63, 3.8) is 0 Å². The van der Waals surface area contributed by atoms with Gasteiger partial charge in [0.2, 0.25) is 0 Å². The summed E-state index contributed by atoms with van der Waals surface area (Å²) in [5, 5.41) is 10.8. The summed E-state index contributed by atoms with van der Waals surface area (Å²) in [5.74, 6) is -2.26. The monoisotopic (exact) mass is 495 g/mol. The predicted molar refractivity (Wildman–Crippen MR) is 138 cm³/mol. The lowest BCUT2D eigenvalue weighted by Crippen LogP contribution is -2.37. The fourth-order valence-corrected chi connectivity index (χ4v) is 5.13. The Morgan fingerprint density at radius 2 is 1.69 bits per heavy atom. The lowest BCUT2D eigenvalue weighted by molar-refractivity contribution is -0.146. The first kappa shape index (κ1) is 26.7. The smallest absolute Gasteiger partial charge is 0.336 e. The second kappa shape index (κ2) is 12.7. The quantitative estimate of drug-likeness (QED) is 0.347. The third-order valence-electron chi connectivity index (χ3n) is 6.07. The molecule has 2 aromatic rings. The van der Waals surface area contributed by atoms with Crippen molar-refractivity contribution >= 4 is 29.4 Å². The fourth-order valence-electron chi connectivity index (χ4n) is 4.49. The summed E-state index contributed by atoms with van der Waals surface area (Å²) in [4.78, 5) is 32.2. The van der Waals surface area contributed by atoms with Crippen molar-refractivity contribution in [2.24, 2.45) is 10.9 Å². The Hall–Kier alpha value is -2.90. The Bertz CT molecular complexity index is 1100. The second-order valence-electron chi connectivity index (χ2n) is 8.25. The van der Waals surface area contributed by atoms with E-state index in [0.717, 1.165) is 16.0 Å². The first-order valence-electron chi connectivity index (χ1n) is 11.9. The predicted octanol–water partition coefficient (Wildman–Crippen LogP) is 5.48. The molecule has 3 unspecified atom stereocenters. The van der Waals surface area contributed by atoms with E-state index < -0.39 is 29.9 Å². The van der Waals surface area contributed by atoms with Crippen molar-refractivity contribution in [1.82, 2.24) is 0 Å². The number of hydrogen-bond donors (Lipinski definition) is 1. The molecule has 0 radical (unpaired) electrons. The van der Waals surface area contributed by atoms with Crippen LogP contribution in [0.4, 0.5) is 0 Å². The number of aliphatic hydroxyl groups excluding tert-OH is 1. The van der Waals surface area contributed by atoms with Crippen LogP contribution in [0, 0.1) is 5.92 Å². The van der Waals surface area contributed by atoms with Crippen LogP contribution in [0.1, 0.15) is 56.8 Å². The molecule has 186 valence electrons. The standard InChI is InChI=1S/C28H33NO5S/c1-5-33-27(31)24-18(3)29-21(16-17-22(30)19-12-8-7-9-13-19)26(28(32)34-6-2)25(24)20-14-10-11-15-23(20)35-4/h7-15,22,24-25,30H,5-6,16-17H2,1-4H3. The Morgan fingerprint density at radius 1 is 1.03 bits per heavy atom. The summed E-state index contributed by atoms with van der Waals surface area (Å²) in [6.45, 7) is 5.74. The summed E-state index contributed by atoms with van der Waals surface area (Å²) in [6, 6.07) is 17.2. The molecule has 0 spiro atoms. The van der Waals surface area contributed by atoms with E-state index >= 15 is 0 Å². The number of rotatable bonds is 10. The third-order valence-corrected chi connectivity index (χ3v) is 6.88. The van der Waals surface area contributed by atoms with Gasteiger partial charge in [-0.3, -0.25) is 9.79 Å². The molecule has 7 heteroatoms. The Kier molecular flexibility index (Phi) is 9.69. The number of aliphatic hydroxyl groups is 1. The van der Waals surface area contributed by atoms with E-state index in [1.807, 2.05) is 60.9 Å². The van der Waals surface area contributed by atoms with Gasteiger partial charge < -0.3 is 14.6 Å². The maximum Gasteiger partial charge on any atom is 0.336 e. The van der Waals surface area contributed by atoms with Crippen LogP contribution in [-0.2, 0) is 19.1 Å². The molecule has 6 nitrogen and oxygen atoms in total. The summed E-state index contributed by atoms with van der Waals surface area (Å²) < 4.78 is 10.9. The highest BCUT2D eigenvalue weighted by molar-refractivity contribution is 7.98. The van der Waals surface area contributed by atoms with Crippen LogP contribution in [0.2, 0.25) is 0 Å². The zero-order valence-electron chi connectivity index (χ0n) is 20.7. The van der Waals surface area contributed by atoms with Crippen LogP contribution in [0.3, 0.4) is 0 Å². The van der Waals surface area contributed by atoms with E-state index in [1.165, 1.54) is 0 Å². The molecule has 1 N–H and O–H groups in total. The molecular weight excluding hydrogens is 462 g/mol. The van der Waals surface area contributed by atoms with Crippen LogP contribution < -0.4 is 0 Å². The molecule has 0 bridgehead atoms. The Balaban J connectivity index is 2.12. The van der Waals surface area contributed by atoms with Crippen molar-refractivity contribution in [3.8, 4) is 0 Å². The molecule has 1 heterocycles. The average Bonchev–Trinajstić information content (AvgIpc) is 2.87. The first-order valence-corrected chi connectivity index (χ1v) is 13.1. The van der Waals surface area contributed by atoms with Crippen LogP contribution in [0.15, 0.2) is 75.8 Å². The number of hydrogen-bond acceptors (Lipinski definition) is 7. The minimum Gasteiger partial charge on any atom is -0.465 e. The highest BCUT2D eigenvalue weighted by Gasteiger charge is 2.43. The van der Waals surface area contributed by atoms with Gasteiger partial charge in [0.1, 0.15) is 5.92 Å². The van der Waals surface area contributed by atoms with Crippen molar-refractivity contribution in [1.29, 1.82) is 0 Å². The van der Waals surface area contributed by atoms with Crippen LogP contribution in [-0.4, -0.2) is 42.2 Å². The van der Waals surface area contributed by atoms with Crippen LogP contribution in [0.25, 0.3) is 0 Å². The normalized spacial score (nSPS) is 18.6. The average molecular weight is 496 g/mol. The van der Waals surface area contributed by atoms with E-state index in [1.54, 1.807) is 32.5 Å². The van der Waals surface area contributed by atoms with E-state index in [9.17, 15) is 14.7 Å². The molecule has 0 saturated heterocycles. The molecule has 0 fully saturated rings. The Morgan fingerprint density at radius 3 is 2.34 bits per heavy atom. The van der Waals surface area contributed by atoms with Gasteiger partial charge in [0.25, 0.3) is 0 Å². The summed E-state index contributed by atoms with van der Waals surface area (Å²) >= 11 is 1.55. The minimum atomic E-state index is -0.745. The number of aliphatic imine (C=N–C) groups is 1. The molecule has 0 aromatic heterocycles. The molecular formula is C28H33NO5S. The fraction of sp³-hybridized carbons (Fsp3) is 0.393. The van der Waals surface area contributed by atoms with Gasteiger partial charge in [-0.05, 0) is 57.1 Å². The number of carbonyl (C=O) groups is 2. The number of esters is 2. The van der Waals surface area contributed by atoms with E-state index in [2.05, 4.69) is 0 Å². The molecule has 1 aliphatic rings. The van der Waals surface area contributed by atoms with Crippen molar-refractivity contribution in [2.75, 3.05) is 19.5 Å². The van der Waals surface area contributed by atoms with Gasteiger partial charge in [0.05, 0.1) is 30.6 Å². The van der Waals surface area contributed by atoms with Gasteiger partial charge in [-0.15, -0.1) is 11.8 Å². The molecule has 3 atom stereocenters. The second-order valence-corrected chi connectivity index (χ2v) is 9.10. The molecule has 2 aromatic carbocycles. The molecule has 0 amide bonds. The Labute approximate surface area is 211 Å². The lowest BCUT2D eigenvalue weighted by Gasteiger charge is -2.33.